The van der Waals surface area contributed by atoms with Crippen LogP contribution in [-0.4, -0.2) is 56.4 Å². The highest BCUT2D eigenvalue weighted by Gasteiger charge is 2.70. The summed E-state index contributed by atoms with van der Waals surface area (Å²) in [7, 11) is -4.53. The van der Waals surface area contributed by atoms with E-state index < -0.39 is 45.4 Å². The molecule has 2 aliphatic rings. The first-order valence-electron chi connectivity index (χ1n) is 8.13. The highest BCUT2D eigenvalue weighted by molar-refractivity contribution is 7.90. The molecule has 1 amide bonds. The fourth-order valence-corrected chi connectivity index (χ4v) is 4.63. The third kappa shape index (κ3) is 3.30. The largest absolute Gasteiger partial charge is 0.511 e. The summed E-state index contributed by atoms with van der Waals surface area (Å²) in [5.74, 6) is -2.40. The topological polar surface area (TPSA) is 92.8 Å². The molecule has 0 unspecified atom stereocenters. The Hall–Kier alpha value is -1.36. The van der Waals surface area contributed by atoms with Crippen LogP contribution in [0.2, 0.25) is 0 Å². The smallest absolute Gasteiger partial charge is 0.467 e. The van der Waals surface area contributed by atoms with Gasteiger partial charge in [0.25, 0.3) is 0 Å². The highest BCUT2D eigenvalue weighted by atomic mass is 32.2. The van der Waals surface area contributed by atoms with Gasteiger partial charge >= 0.3 is 21.5 Å². The van der Waals surface area contributed by atoms with E-state index in [1.54, 1.807) is 0 Å². The summed E-state index contributed by atoms with van der Waals surface area (Å²) < 4.78 is 67.1. The molecule has 11 heteroatoms. The van der Waals surface area contributed by atoms with Gasteiger partial charge in [0.1, 0.15) is 12.1 Å². The number of fused-ring (bicyclic) bond motifs is 1. The summed E-state index contributed by atoms with van der Waals surface area (Å²) in [5.41, 5.74) is -5.72. The molecule has 2 rings (SSSR count). The molecule has 0 bridgehead atoms. The normalized spacial score (nSPS) is 28.7. The predicted molar refractivity (Wildman–Crippen MR) is 85.0 cm³/mol. The summed E-state index contributed by atoms with van der Waals surface area (Å²) in [4.78, 5) is 26.1. The van der Waals surface area contributed by atoms with Gasteiger partial charge in [0, 0.05) is 12.5 Å². The number of nitrogens with zero attached hydrogens (tertiary/aromatic N) is 1. The second-order valence-corrected chi connectivity index (χ2v) is 9.41. The number of amides is 1. The molecule has 0 aromatic carbocycles. The van der Waals surface area contributed by atoms with E-state index in [-0.39, 0.29) is 23.8 Å². The van der Waals surface area contributed by atoms with E-state index in [9.17, 15) is 31.2 Å². The van der Waals surface area contributed by atoms with Crippen molar-refractivity contribution in [1.29, 1.82) is 0 Å². The quantitative estimate of drug-likeness (QED) is 0.698. The van der Waals surface area contributed by atoms with E-state index in [1.807, 2.05) is 13.8 Å². The van der Waals surface area contributed by atoms with Crippen LogP contribution in [-0.2, 0) is 24.3 Å². The average molecular weight is 400 g/mol. The van der Waals surface area contributed by atoms with Crippen LogP contribution in [0.3, 0.4) is 0 Å². The summed E-state index contributed by atoms with van der Waals surface area (Å²) in [6, 6.07) is -2.56. The van der Waals surface area contributed by atoms with Crippen LogP contribution in [0.4, 0.5) is 13.2 Å². The number of hydrogen-bond acceptors (Lipinski definition) is 5. The Morgan fingerprint density at radius 2 is 1.81 bits per heavy atom. The van der Waals surface area contributed by atoms with Crippen molar-refractivity contribution in [3.63, 3.8) is 0 Å². The van der Waals surface area contributed by atoms with Gasteiger partial charge in [-0.3, -0.25) is 4.79 Å². The SMILES string of the molecule is COC(=O)[C@@H]1[C@@H]2[C@H](CN1C(=O)[C@@H](NS(=O)(=O)C(F)(F)F)C(C)C)C2(C)C. The van der Waals surface area contributed by atoms with Gasteiger partial charge in [0.15, 0.2) is 0 Å². The third-order valence-corrected chi connectivity index (χ3v) is 6.63. The van der Waals surface area contributed by atoms with Gasteiger partial charge in [-0.05, 0) is 17.3 Å². The number of sulfonamides is 1. The van der Waals surface area contributed by atoms with Crippen LogP contribution in [0.15, 0.2) is 0 Å². The van der Waals surface area contributed by atoms with Gasteiger partial charge in [-0.1, -0.05) is 27.7 Å². The number of rotatable bonds is 5. The fourth-order valence-electron chi connectivity index (χ4n) is 3.79. The van der Waals surface area contributed by atoms with Crippen molar-refractivity contribution in [1.82, 2.24) is 9.62 Å². The first-order chi connectivity index (χ1) is 11.7. The zero-order chi connectivity index (χ0) is 20.2. The number of esters is 1. The lowest BCUT2D eigenvalue weighted by Crippen LogP contribution is -2.57. The summed E-state index contributed by atoms with van der Waals surface area (Å²) in [6.45, 7) is 6.90. The number of piperidine rings is 1. The van der Waals surface area contributed by atoms with Gasteiger partial charge in [-0.25, -0.2) is 13.2 Å². The van der Waals surface area contributed by atoms with Crippen molar-refractivity contribution >= 4 is 21.9 Å². The van der Waals surface area contributed by atoms with E-state index in [1.165, 1.54) is 25.7 Å². The Bertz CT molecular complexity index is 705. The monoisotopic (exact) mass is 400 g/mol. The minimum atomic E-state index is -5.70. The minimum absolute atomic E-state index is 0.0163. The third-order valence-electron chi connectivity index (χ3n) is 5.45. The van der Waals surface area contributed by atoms with Crippen LogP contribution in [0.1, 0.15) is 27.7 Å². The Balaban J connectivity index is 2.28. The van der Waals surface area contributed by atoms with Crippen molar-refractivity contribution in [3.05, 3.63) is 0 Å². The average Bonchev–Trinajstić information content (AvgIpc) is 2.86. The lowest BCUT2D eigenvalue weighted by molar-refractivity contribution is -0.154. The minimum Gasteiger partial charge on any atom is -0.467 e. The number of carbonyl (C=O) groups excluding carboxylic acids is 2. The molecule has 1 saturated carbocycles. The lowest BCUT2D eigenvalue weighted by Gasteiger charge is -2.33. The molecule has 0 aromatic rings. The van der Waals surface area contributed by atoms with E-state index in [0.29, 0.717) is 0 Å². The zero-order valence-electron chi connectivity index (χ0n) is 15.1. The van der Waals surface area contributed by atoms with Crippen LogP contribution in [0.5, 0.6) is 0 Å². The van der Waals surface area contributed by atoms with E-state index in [0.717, 1.165) is 4.90 Å². The Labute approximate surface area is 150 Å². The molecular weight excluding hydrogens is 377 g/mol. The number of nitrogens with one attached hydrogen (secondary N) is 1. The zero-order valence-corrected chi connectivity index (χ0v) is 15.9. The number of alkyl halides is 3. The molecule has 1 aliphatic carbocycles. The second kappa shape index (κ2) is 6.36. The summed E-state index contributed by atoms with van der Waals surface area (Å²) in [6.07, 6.45) is 0. The van der Waals surface area contributed by atoms with Gasteiger partial charge in [0.05, 0.1) is 7.11 Å². The molecule has 150 valence electrons. The molecule has 1 N–H and O–H groups in total. The number of likely N-dealkylation sites (tertiary alicyclic amines) is 1. The summed E-state index contributed by atoms with van der Waals surface area (Å²) >= 11 is 0. The first kappa shape index (κ1) is 20.9. The molecule has 0 aromatic heterocycles. The van der Waals surface area contributed by atoms with Crippen molar-refractivity contribution in [2.24, 2.45) is 23.2 Å². The van der Waals surface area contributed by atoms with Gasteiger partial charge in [-0.15, -0.1) is 0 Å². The van der Waals surface area contributed by atoms with E-state index >= 15 is 0 Å². The van der Waals surface area contributed by atoms with Gasteiger partial charge in [0.2, 0.25) is 5.91 Å². The molecule has 2 fully saturated rings. The van der Waals surface area contributed by atoms with Crippen molar-refractivity contribution in [3.8, 4) is 0 Å². The Morgan fingerprint density at radius 3 is 2.23 bits per heavy atom. The lowest BCUT2D eigenvalue weighted by atomic mass is 9.98. The molecule has 0 spiro atoms. The molecule has 26 heavy (non-hydrogen) atoms. The maximum absolute atomic E-state index is 12.8. The Morgan fingerprint density at radius 1 is 1.27 bits per heavy atom. The van der Waals surface area contributed by atoms with Crippen LogP contribution in [0.25, 0.3) is 0 Å². The van der Waals surface area contributed by atoms with E-state index in [2.05, 4.69) is 0 Å². The van der Waals surface area contributed by atoms with Crippen LogP contribution in [0, 0.1) is 23.2 Å². The molecule has 1 saturated heterocycles. The number of halogens is 3. The first-order valence-corrected chi connectivity index (χ1v) is 9.62. The molecular formula is C15H23F3N2O5S. The molecule has 1 heterocycles. The van der Waals surface area contributed by atoms with Gasteiger partial charge in [-0.2, -0.15) is 17.9 Å². The standard InChI is InChI=1S/C15H23F3N2O5S/c1-7(2)10(19-26(23,24)15(16,17)18)12(21)20-6-8-9(14(8,3)4)11(20)13(22)25-5/h7-11,19H,6H2,1-5H3/t8-,9-,10-,11-/m0/s1. The van der Waals surface area contributed by atoms with Gasteiger partial charge < -0.3 is 9.64 Å². The highest BCUT2D eigenvalue weighted by Crippen LogP contribution is 2.65. The van der Waals surface area contributed by atoms with Crippen LogP contribution >= 0.6 is 0 Å². The summed E-state index contributed by atoms with van der Waals surface area (Å²) in [5, 5.41) is 0. The number of ether oxygens (including phenoxy) is 1. The maximum Gasteiger partial charge on any atom is 0.511 e. The fraction of sp³-hybridized carbons (Fsp3) is 0.867. The van der Waals surface area contributed by atoms with Crippen molar-refractivity contribution in [2.45, 2.75) is 45.3 Å². The van der Waals surface area contributed by atoms with E-state index in [4.69, 9.17) is 4.74 Å². The molecule has 7 nitrogen and oxygen atoms in total. The number of carbonyl (C=O) groups is 2. The van der Waals surface area contributed by atoms with Crippen molar-refractivity contribution < 1.29 is 35.9 Å². The van der Waals surface area contributed by atoms with Crippen LogP contribution < -0.4 is 4.72 Å². The predicted octanol–water partition coefficient (Wildman–Crippen LogP) is 1.11. The molecule has 4 atom stereocenters. The second-order valence-electron chi connectivity index (χ2n) is 7.70. The Kier molecular flexibility index (Phi) is 5.13. The van der Waals surface area contributed by atoms with Crippen molar-refractivity contribution in [2.75, 3.05) is 13.7 Å². The maximum atomic E-state index is 12.8. The molecule has 0 radical (unpaired) electrons. The number of methoxy groups -OCH3 is 1. The number of hydrogen-bond donors (Lipinski definition) is 1. The molecule has 1 aliphatic heterocycles.